The van der Waals surface area contributed by atoms with E-state index >= 15 is 0 Å². The van der Waals surface area contributed by atoms with Crippen LogP contribution in [0.3, 0.4) is 0 Å². The van der Waals surface area contributed by atoms with Gasteiger partial charge in [0.05, 0.1) is 13.9 Å². The molecule has 0 atom stereocenters. The summed E-state index contributed by atoms with van der Waals surface area (Å²) in [5.41, 5.74) is -0.646. The fourth-order valence-corrected chi connectivity index (χ4v) is 0.931. The molecule has 3 nitrogen and oxygen atoms in total. The molecule has 0 aliphatic heterocycles. The molecule has 0 radical (unpaired) electrons. The van der Waals surface area contributed by atoms with E-state index in [4.69, 9.17) is 30.1 Å². The Morgan fingerprint density at radius 1 is 1.75 bits per heavy atom. The summed E-state index contributed by atoms with van der Waals surface area (Å²) in [6.07, 6.45) is 0. The lowest BCUT2D eigenvalue weighted by Gasteiger charge is -1.98. The number of esters is 1. The van der Waals surface area contributed by atoms with Gasteiger partial charge in [0.15, 0.2) is 5.69 Å². The van der Waals surface area contributed by atoms with Gasteiger partial charge in [-0.2, -0.15) is 0 Å². The molecule has 0 aliphatic rings. The minimum atomic E-state index is -2.95. The lowest BCUT2D eigenvalue weighted by Crippen LogP contribution is -2.03. The molecular formula is C7H5Cl2NO2. The summed E-state index contributed by atoms with van der Waals surface area (Å²) < 4.78 is 39.0. The number of carbonyl (C=O) groups excluding carboxylic acids is 1. The highest BCUT2D eigenvalue weighted by atomic mass is 35.5. The number of nitrogens with zero attached hydrogens (tertiary/aromatic N) is 1. The topological polar surface area (TPSA) is 39.2 Å². The molecule has 0 aromatic carbocycles. The summed E-state index contributed by atoms with van der Waals surface area (Å²) in [4.78, 5) is 14.8. The van der Waals surface area contributed by atoms with Crippen molar-refractivity contribution in [1.29, 1.82) is 0 Å². The van der Waals surface area contributed by atoms with Crippen LogP contribution in [0.5, 0.6) is 0 Å². The molecule has 5 heteroatoms. The maximum atomic E-state index is 11.4. The van der Waals surface area contributed by atoms with Gasteiger partial charge >= 0.3 is 5.97 Å². The Morgan fingerprint density at radius 2 is 2.50 bits per heavy atom. The first-order valence-electron chi connectivity index (χ1n) is 5.19. The van der Waals surface area contributed by atoms with Crippen LogP contribution in [0.4, 0.5) is 0 Å². The van der Waals surface area contributed by atoms with Gasteiger partial charge in [-0.3, -0.25) is 0 Å². The zero-order chi connectivity index (χ0) is 13.4. The number of hydrogen-bond donors (Lipinski definition) is 0. The van der Waals surface area contributed by atoms with Gasteiger partial charge in [0.1, 0.15) is 5.15 Å². The summed E-state index contributed by atoms with van der Waals surface area (Å²) >= 11 is 11.0. The molecule has 0 saturated carbocycles. The van der Waals surface area contributed by atoms with E-state index < -0.39 is 41.0 Å². The van der Waals surface area contributed by atoms with Crippen LogP contribution in [-0.2, 0) is 4.74 Å². The van der Waals surface area contributed by atoms with E-state index in [9.17, 15) is 4.79 Å². The number of halogens is 2. The Kier molecular flexibility index (Phi) is 1.38. The molecule has 1 heterocycles. The number of ether oxygens (including phenoxy) is 1. The van der Waals surface area contributed by atoms with Gasteiger partial charge in [0.25, 0.3) is 0 Å². The summed E-state index contributed by atoms with van der Waals surface area (Å²) in [5.74, 6) is -1.35. The standard InChI is InChI=1S/C7H5Cl2NO2/c1-12-7(11)5-2-4(8)3-6(9)10-5/h2-3H,1H3/i1D3,2D,3D. The summed E-state index contributed by atoms with van der Waals surface area (Å²) in [6, 6.07) is -1.01. The van der Waals surface area contributed by atoms with Crippen molar-refractivity contribution in [2.45, 2.75) is 0 Å². The maximum Gasteiger partial charge on any atom is 0.356 e. The second-order valence-electron chi connectivity index (χ2n) is 1.70. The summed E-state index contributed by atoms with van der Waals surface area (Å²) in [6.45, 7) is 0. The highest BCUT2D eigenvalue weighted by Crippen LogP contribution is 2.15. The molecule has 0 N–H and O–H groups in total. The van der Waals surface area contributed by atoms with Crippen LogP contribution in [0.2, 0.25) is 10.2 Å². The molecule has 0 amide bonds. The van der Waals surface area contributed by atoms with Gasteiger partial charge in [0, 0.05) is 5.02 Å². The molecular weight excluding hydrogens is 201 g/mol. The Hall–Kier alpha value is -0.800. The largest absolute Gasteiger partial charge is 0.464 e. The molecule has 0 fully saturated rings. The second kappa shape index (κ2) is 3.74. The van der Waals surface area contributed by atoms with E-state index in [1.807, 2.05) is 0 Å². The fraction of sp³-hybridized carbons (Fsp3) is 0.143. The zero-order valence-electron chi connectivity index (χ0n) is 10.5. The Labute approximate surface area is 86.3 Å². The number of pyridine rings is 1. The number of aromatic nitrogens is 1. The normalized spacial score (nSPS) is 16.7. The van der Waals surface area contributed by atoms with Crippen molar-refractivity contribution in [3.63, 3.8) is 0 Å². The average Bonchev–Trinajstić information content (AvgIpc) is 2.17. The Bertz CT molecular complexity index is 476. The van der Waals surface area contributed by atoms with Gasteiger partial charge in [-0.25, -0.2) is 9.78 Å². The fourth-order valence-electron chi connectivity index (χ4n) is 0.525. The molecule has 0 saturated heterocycles. The molecule has 0 aliphatic carbocycles. The third kappa shape index (κ3) is 2.09. The minimum Gasteiger partial charge on any atom is -0.464 e. The van der Waals surface area contributed by atoms with Gasteiger partial charge in [-0.15, -0.1) is 0 Å². The lowest BCUT2D eigenvalue weighted by atomic mass is 10.3. The first kappa shape index (κ1) is 4.44. The third-order valence-electron chi connectivity index (χ3n) is 0.937. The van der Waals surface area contributed by atoms with Crippen LogP contribution in [0.1, 0.15) is 17.3 Å². The van der Waals surface area contributed by atoms with Crippen LogP contribution in [0.15, 0.2) is 12.1 Å². The summed E-state index contributed by atoms with van der Waals surface area (Å²) in [5, 5.41) is -0.814. The Morgan fingerprint density at radius 3 is 3.17 bits per heavy atom. The van der Waals surface area contributed by atoms with Gasteiger partial charge in [-0.1, -0.05) is 23.2 Å². The second-order valence-corrected chi connectivity index (χ2v) is 2.44. The molecule has 1 aromatic heterocycles. The number of methoxy groups -OCH3 is 1. The predicted molar refractivity (Wildman–Crippen MR) is 45.6 cm³/mol. The van der Waals surface area contributed by atoms with E-state index in [1.54, 1.807) is 0 Å². The lowest BCUT2D eigenvalue weighted by molar-refractivity contribution is 0.0594. The van der Waals surface area contributed by atoms with E-state index in [0.29, 0.717) is 0 Å². The molecule has 0 spiro atoms. The number of rotatable bonds is 1. The van der Waals surface area contributed by atoms with Gasteiger partial charge in [-0.05, 0) is 12.1 Å². The van der Waals surface area contributed by atoms with Crippen LogP contribution in [0.25, 0.3) is 0 Å². The molecule has 12 heavy (non-hydrogen) atoms. The average molecular weight is 211 g/mol. The maximum absolute atomic E-state index is 11.4. The first-order chi connectivity index (χ1) is 7.63. The van der Waals surface area contributed by atoms with E-state index in [2.05, 4.69) is 9.72 Å². The van der Waals surface area contributed by atoms with Crippen LogP contribution in [-0.4, -0.2) is 18.0 Å². The van der Waals surface area contributed by atoms with E-state index in [1.165, 1.54) is 0 Å². The number of carbonyl (C=O) groups is 1. The van der Waals surface area contributed by atoms with Crippen molar-refractivity contribution in [2.24, 2.45) is 0 Å². The quantitative estimate of drug-likeness (QED) is 0.527. The highest BCUT2D eigenvalue weighted by molar-refractivity contribution is 6.34. The van der Waals surface area contributed by atoms with Crippen molar-refractivity contribution in [3.05, 3.63) is 28.0 Å². The molecule has 0 bridgehead atoms. The number of hydrogen-bond acceptors (Lipinski definition) is 3. The SMILES string of the molecule is [2H]c1c(Cl)nc(C(=O)OC([2H])([2H])[2H])c([2H])c1Cl. The Balaban J connectivity index is 3.20. The van der Waals surface area contributed by atoms with Gasteiger partial charge in [0.2, 0.25) is 0 Å². The zero-order valence-corrected chi connectivity index (χ0v) is 7.03. The molecule has 1 aromatic rings. The predicted octanol–water partition coefficient (Wildman–Crippen LogP) is 2.17. The first-order valence-corrected chi connectivity index (χ1v) is 3.44. The van der Waals surface area contributed by atoms with Crippen LogP contribution >= 0.6 is 23.2 Å². The van der Waals surface area contributed by atoms with Crippen molar-refractivity contribution in [3.8, 4) is 0 Å². The molecule has 0 unspecified atom stereocenters. The van der Waals surface area contributed by atoms with Crippen molar-refractivity contribution in [1.82, 2.24) is 4.98 Å². The van der Waals surface area contributed by atoms with Gasteiger partial charge < -0.3 is 4.74 Å². The van der Waals surface area contributed by atoms with Crippen molar-refractivity contribution < 1.29 is 16.4 Å². The van der Waals surface area contributed by atoms with Crippen LogP contribution < -0.4 is 0 Å². The smallest absolute Gasteiger partial charge is 0.356 e. The van der Waals surface area contributed by atoms with E-state index in [0.717, 1.165) is 0 Å². The summed E-state index contributed by atoms with van der Waals surface area (Å²) in [7, 11) is -2.95. The molecule has 64 valence electrons. The van der Waals surface area contributed by atoms with Crippen LogP contribution in [0, 0.1) is 0 Å². The highest BCUT2D eigenvalue weighted by Gasteiger charge is 2.08. The van der Waals surface area contributed by atoms with E-state index in [-0.39, 0.29) is 0 Å². The molecule has 1 rings (SSSR count). The van der Waals surface area contributed by atoms with Crippen molar-refractivity contribution in [2.75, 3.05) is 7.04 Å². The third-order valence-corrected chi connectivity index (χ3v) is 1.31. The monoisotopic (exact) mass is 210 g/mol. The van der Waals surface area contributed by atoms with Crippen molar-refractivity contribution >= 4 is 29.2 Å². The minimum absolute atomic E-state index is 0.400.